The van der Waals surface area contributed by atoms with Crippen molar-refractivity contribution in [2.24, 2.45) is 0 Å². The van der Waals surface area contributed by atoms with Gasteiger partial charge in [0, 0.05) is 6.20 Å². The Labute approximate surface area is 101 Å². The van der Waals surface area contributed by atoms with Gasteiger partial charge < -0.3 is 0 Å². The summed E-state index contributed by atoms with van der Waals surface area (Å²) in [6.45, 7) is 1.82. The minimum absolute atomic E-state index is 0.598. The molecule has 0 saturated carbocycles. The second-order valence-corrected chi connectivity index (χ2v) is 4.26. The first-order chi connectivity index (χ1) is 7.20. The van der Waals surface area contributed by atoms with Crippen LogP contribution in [0.4, 0.5) is 0 Å². The predicted molar refractivity (Wildman–Crippen MR) is 63.5 cm³/mol. The standard InChI is InChI=1S/C10H7IN4/c1-7-8(4-12)2-3-10(14-7)15-6-9(11)5-13-15/h2-3,5-6H,1H3. The average Bonchev–Trinajstić information content (AvgIpc) is 2.65. The fourth-order valence-electron chi connectivity index (χ4n) is 1.22. The maximum absolute atomic E-state index is 8.77. The SMILES string of the molecule is Cc1nc(-n2cc(I)cn2)ccc1C#N. The number of nitriles is 1. The number of halogens is 1. The van der Waals surface area contributed by atoms with Gasteiger partial charge in [0.1, 0.15) is 6.07 Å². The molecule has 0 amide bonds. The van der Waals surface area contributed by atoms with Crippen LogP contribution >= 0.6 is 22.6 Å². The molecule has 2 aromatic heterocycles. The minimum Gasteiger partial charge on any atom is -0.233 e. The lowest BCUT2D eigenvalue weighted by atomic mass is 10.2. The molecule has 4 nitrogen and oxygen atoms in total. The van der Waals surface area contributed by atoms with Crippen molar-refractivity contribution in [1.29, 1.82) is 5.26 Å². The molecule has 0 fully saturated rings. The number of rotatable bonds is 1. The molecule has 0 bridgehead atoms. The maximum atomic E-state index is 8.77. The van der Waals surface area contributed by atoms with Crippen molar-refractivity contribution in [2.45, 2.75) is 6.92 Å². The third-order valence-corrected chi connectivity index (χ3v) is 2.53. The molecular weight excluding hydrogens is 303 g/mol. The lowest BCUT2D eigenvalue weighted by Crippen LogP contribution is -2.00. The van der Waals surface area contributed by atoms with Gasteiger partial charge in [0.2, 0.25) is 0 Å². The first kappa shape index (κ1) is 10.1. The molecule has 0 unspecified atom stereocenters. The van der Waals surface area contributed by atoms with Crippen molar-refractivity contribution in [1.82, 2.24) is 14.8 Å². The monoisotopic (exact) mass is 310 g/mol. The molecule has 0 N–H and O–H groups in total. The third-order valence-electron chi connectivity index (χ3n) is 1.98. The van der Waals surface area contributed by atoms with Gasteiger partial charge in [-0.3, -0.25) is 0 Å². The zero-order valence-electron chi connectivity index (χ0n) is 7.98. The molecule has 0 aliphatic carbocycles. The number of pyridine rings is 1. The van der Waals surface area contributed by atoms with Crippen LogP contribution in [0.15, 0.2) is 24.5 Å². The molecule has 0 aromatic carbocycles. The Morgan fingerprint density at radius 3 is 2.80 bits per heavy atom. The Bertz CT molecular complexity index is 539. The first-order valence-corrected chi connectivity index (χ1v) is 5.37. The molecule has 74 valence electrons. The van der Waals surface area contributed by atoms with Gasteiger partial charge in [-0.2, -0.15) is 10.4 Å². The van der Waals surface area contributed by atoms with Gasteiger partial charge in [-0.1, -0.05) is 0 Å². The van der Waals surface area contributed by atoms with Gasteiger partial charge in [-0.15, -0.1) is 0 Å². The topological polar surface area (TPSA) is 54.5 Å². The van der Waals surface area contributed by atoms with E-state index >= 15 is 0 Å². The van der Waals surface area contributed by atoms with Gasteiger partial charge in [-0.25, -0.2) is 9.67 Å². The van der Waals surface area contributed by atoms with E-state index in [-0.39, 0.29) is 0 Å². The average molecular weight is 310 g/mol. The van der Waals surface area contributed by atoms with Gasteiger partial charge in [0.05, 0.1) is 21.0 Å². The minimum atomic E-state index is 0.598. The lowest BCUT2D eigenvalue weighted by molar-refractivity contribution is 0.839. The molecule has 0 atom stereocenters. The molecule has 2 heterocycles. The molecule has 5 heteroatoms. The summed E-state index contributed by atoms with van der Waals surface area (Å²) in [5.41, 5.74) is 1.32. The number of nitrogens with zero attached hydrogens (tertiary/aromatic N) is 4. The van der Waals surface area contributed by atoms with Crippen LogP contribution in [0.3, 0.4) is 0 Å². The van der Waals surface area contributed by atoms with Crippen molar-refractivity contribution in [3.8, 4) is 11.9 Å². The fraction of sp³-hybridized carbons (Fsp3) is 0.100. The van der Waals surface area contributed by atoms with Gasteiger partial charge in [-0.05, 0) is 41.6 Å². The van der Waals surface area contributed by atoms with E-state index < -0.39 is 0 Å². The lowest BCUT2D eigenvalue weighted by Gasteiger charge is -2.02. The van der Waals surface area contributed by atoms with Gasteiger partial charge >= 0.3 is 0 Å². The van der Waals surface area contributed by atoms with E-state index in [9.17, 15) is 0 Å². The van der Waals surface area contributed by atoms with E-state index in [4.69, 9.17) is 5.26 Å². The second kappa shape index (κ2) is 3.98. The fourth-order valence-corrected chi connectivity index (χ4v) is 1.61. The maximum Gasteiger partial charge on any atom is 0.153 e. The Kier molecular flexibility index (Phi) is 2.68. The molecule has 2 aromatic rings. The normalized spacial score (nSPS) is 9.93. The smallest absolute Gasteiger partial charge is 0.153 e. The van der Waals surface area contributed by atoms with E-state index in [1.165, 1.54) is 0 Å². The summed E-state index contributed by atoms with van der Waals surface area (Å²) in [5, 5.41) is 12.9. The predicted octanol–water partition coefficient (Wildman–Crippen LogP) is 2.05. The van der Waals surface area contributed by atoms with Crippen LogP contribution in [-0.4, -0.2) is 14.8 Å². The van der Waals surface area contributed by atoms with Gasteiger partial charge in [0.15, 0.2) is 5.82 Å². The highest BCUT2D eigenvalue weighted by molar-refractivity contribution is 14.1. The van der Waals surface area contributed by atoms with Crippen molar-refractivity contribution < 1.29 is 0 Å². The zero-order valence-corrected chi connectivity index (χ0v) is 10.1. The summed E-state index contributed by atoms with van der Waals surface area (Å²) in [6, 6.07) is 5.63. The molecule has 0 radical (unpaired) electrons. The van der Waals surface area contributed by atoms with Crippen molar-refractivity contribution in [3.63, 3.8) is 0 Å². The van der Waals surface area contributed by atoms with Crippen LogP contribution in [0, 0.1) is 21.8 Å². The molecule has 0 saturated heterocycles. The van der Waals surface area contributed by atoms with E-state index in [2.05, 4.69) is 38.7 Å². The number of hydrogen-bond acceptors (Lipinski definition) is 3. The van der Waals surface area contributed by atoms with Crippen LogP contribution < -0.4 is 0 Å². The molecule has 2 rings (SSSR count). The van der Waals surface area contributed by atoms with E-state index in [0.29, 0.717) is 5.56 Å². The van der Waals surface area contributed by atoms with Crippen molar-refractivity contribution in [3.05, 3.63) is 39.4 Å². The molecule has 0 spiro atoms. The number of hydrogen-bond donors (Lipinski definition) is 0. The highest BCUT2D eigenvalue weighted by atomic mass is 127. The summed E-state index contributed by atoms with van der Waals surface area (Å²) in [7, 11) is 0. The Morgan fingerprint density at radius 1 is 1.47 bits per heavy atom. The summed E-state index contributed by atoms with van der Waals surface area (Å²) < 4.78 is 2.74. The van der Waals surface area contributed by atoms with E-state index in [1.807, 2.05) is 13.1 Å². The Balaban J connectivity index is 2.48. The first-order valence-electron chi connectivity index (χ1n) is 4.29. The largest absolute Gasteiger partial charge is 0.233 e. The van der Waals surface area contributed by atoms with E-state index in [1.54, 1.807) is 23.0 Å². The van der Waals surface area contributed by atoms with Crippen LogP contribution in [0.1, 0.15) is 11.3 Å². The quantitative estimate of drug-likeness (QED) is 0.758. The molecule has 0 aliphatic heterocycles. The highest BCUT2D eigenvalue weighted by Crippen LogP contribution is 2.10. The zero-order chi connectivity index (χ0) is 10.8. The Morgan fingerprint density at radius 2 is 2.27 bits per heavy atom. The second-order valence-electron chi connectivity index (χ2n) is 3.02. The van der Waals surface area contributed by atoms with Crippen LogP contribution in [-0.2, 0) is 0 Å². The summed E-state index contributed by atoms with van der Waals surface area (Å²) >= 11 is 2.19. The Hall–Kier alpha value is -1.42. The number of aromatic nitrogens is 3. The molecule has 0 aliphatic rings. The summed E-state index contributed by atoms with van der Waals surface area (Å²) in [6.07, 6.45) is 3.64. The van der Waals surface area contributed by atoms with Crippen LogP contribution in [0.5, 0.6) is 0 Å². The third kappa shape index (κ3) is 1.99. The molecular formula is C10H7IN4. The summed E-state index contributed by atoms with van der Waals surface area (Å²) in [4.78, 5) is 4.30. The number of aryl methyl sites for hydroxylation is 1. The molecule has 15 heavy (non-hydrogen) atoms. The van der Waals surface area contributed by atoms with Crippen LogP contribution in [0.2, 0.25) is 0 Å². The van der Waals surface area contributed by atoms with Crippen LogP contribution in [0.25, 0.3) is 5.82 Å². The van der Waals surface area contributed by atoms with Crippen molar-refractivity contribution in [2.75, 3.05) is 0 Å². The highest BCUT2D eigenvalue weighted by Gasteiger charge is 2.03. The van der Waals surface area contributed by atoms with E-state index in [0.717, 1.165) is 15.1 Å². The van der Waals surface area contributed by atoms with Gasteiger partial charge in [0.25, 0.3) is 0 Å². The summed E-state index contributed by atoms with van der Waals surface area (Å²) in [5.74, 6) is 0.731. The van der Waals surface area contributed by atoms with Crippen molar-refractivity contribution >= 4 is 22.6 Å².